The Kier molecular flexibility index (Phi) is 5.05. The van der Waals surface area contributed by atoms with E-state index in [2.05, 4.69) is 10.3 Å². The van der Waals surface area contributed by atoms with E-state index in [1.165, 1.54) is 6.07 Å². The number of fused-ring (bicyclic) bond motifs is 1. The molecule has 0 spiro atoms. The molecule has 0 radical (unpaired) electrons. The van der Waals surface area contributed by atoms with Crippen LogP contribution in [0.25, 0.3) is 0 Å². The van der Waals surface area contributed by atoms with Crippen molar-refractivity contribution in [2.75, 3.05) is 11.9 Å². The van der Waals surface area contributed by atoms with Crippen molar-refractivity contribution < 1.29 is 14.4 Å². The predicted molar refractivity (Wildman–Crippen MR) is 113 cm³/mol. The minimum atomic E-state index is -0.564. The molecule has 30 heavy (non-hydrogen) atoms. The molecule has 156 valence electrons. The van der Waals surface area contributed by atoms with Gasteiger partial charge in [-0.1, -0.05) is 26.0 Å². The molecular formula is C23H25N3O4. The van der Waals surface area contributed by atoms with E-state index in [-0.39, 0.29) is 22.7 Å². The first kappa shape index (κ1) is 20.1. The van der Waals surface area contributed by atoms with Gasteiger partial charge in [0.25, 0.3) is 11.5 Å². The summed E-state index contributed by atoms with van der Waals surface area (Å²) in [5.41, 5.74) is 1.65. The quantitative estimate of drug-likeness (QED) is 0.814. The lowest BCUT2D eigenvalue weighted by Crippen LogP contribution is -2.32. The summed E-state index contributed by atoms with van der Waals surface area (Å²) in [5.74, 6) is -0.493. The van der Waals surface area contributed by atoms with Crippen LogP contribution in [0.3, 0.4) is 0 Å². The highest BCUT2D eigenvalue weighted by Gasteiger charge is 2.32. The van der Waals surface area contributed by atoms with Crippen molar-refractivity contribution >= 4 is 23.3 Å². The maximum atomic E-state index is 12.8. The molecule has 1 aliphatic carbocycles. The molecule has 4 rings (SSSR count). The summed E-state index contributed by atoms with van der Waals surface area (Å²) in [6.45, 7) is 5.20. The summed E-state index contributed by atoms with van der Waals surface area (Å²) in [4.78, 5) is 54.1. The van der Waals surface area contributed by atoms with E-state index in [1.807, 2.05) is 19.9 Å². The number of Topliss-reactive ketones (excluding diaryl/α,β-unsaturated/α-hetero) is 1. The zero-order chi connectivity index (χ0) is 21.5. The molecule has 1 aliphatic heterocycles. The van der Waals surface area contributed by atoms with Gasteiger partial charge in [-0.05, 0) is 42.0 Å². The van der Waals surface area contributed by atoms with Crippen molar-refractivity contribution in [3.8, 4) is 0 Å². The second kappa shape index (κ2) is 7.55. The second-order valence-corrected chi connectivity index (χ2v) is 8.92. The Morgan fingerprint density at radius 2 is 1.97 bits per heavy atom. The standard InChI is InChI=1S/C23H25N3O4/c1-23(2)11-18-16(19(27)12-23)10-17(22(30)25-18)21(29)24-15-6-3-5-14(9-15)13-26-8-4-7-20(26)28/h3,5-6,9-10H,4,7-8,11-13H2,1-2H3,(H,24,29)(H,25,30). The maximum Gasteiger partial charge on any atom is 0.261 e. The van der Waals surface area contributed by atoms with Crippen LogP contribution in [0.5, 0.6) is 0 Å². The number of aromatic nitrogens is 1. The van der Waals surface area contributed by atoms with Gasteiger partial charge in [-0.15, -0.1) is 0 Å². The number of nitrogens with zero attached hydrogens (tertiary/aromatic N) is 1. The molecule has 0 unspecified atom stereocenters. The summed E-state index contributed by atoms with van der Waals surface area (Å²) in [5, 5.41) is 2.74. The van der Waals surface area contributed by atoms with Gasteiger partial charge in [-0.25, -0.2) is 0 Å². The van der Waals surface area contributed by atoms with E-state index < -0.39 is 11.5 Å². The highest BCUT2D eigenvalue weighted by Crippen LogP contribution is 2.33. The van der Waals surface area contributed by atoms with Crippen LogP contribution in [0, 0.1) is 5.41 Å². The van der Waals surface area contributed by atoms with Gasteiger partial charge in [0.15, 0.2) is 5.78 Å². The van der Waals surface area contributed by atoms with E-state index >= 15 is 0 Å². The molecule has 1 aromatic carbocycles. The number of carbonyl (C=O) groups excluding carboxylic acids is 3. The number of likely N-dealkylation sites (tertiary alicyclic amines) is 1. The lowest BCUT2D eigenvalue weighted by atomic mass is 9.75. The molecule has 7 heteroatoms. The van der Waals surface area contributed by atoms with Gasteiger partial charge in [-0.3, -0.25) is 19.2 Å². The van der Waals surface area contributed by atoms with Crippen LogP contribution < -0.4 is 10.9 Å². The van der Waals surface area contributed by atoms with Gasteiger partial charge in [-0.2, -0.15) is 0 Å². The number of H-pyrrole nitrogens is 1. The minimum absolute atomic E-state index is 0.0659. The van der Waals surface area contributed by atoms with Gasteiger partial charge >= 0.3 is 0 Å². The first-order valence-electron chi connectivity index (χ1n) is 10.2. The Morgan fingerprint density at radius 3 is 2.70 bits per heavy atom. The number of aromatic amines is 1. The van der Waals surface area contributed by atoms with E-state index in [1.54, 1.807) is 23.1 Å². The molecule has 1 saturated heterocycles. The third-order valence-corrected chi connectivity index (χ3v) is 5.69. The largest absolute Gasteiger partial charge is 0.338 e. The summed E-state index contributed by atoms with van der Waals surface area (Å²) >= 11 is 0. The Balaban J connectivity index is 1.54. The fourth-order valence-electron chi connectivity index (χ4n) is 4.23. The van der Waals surface area contributed by atoms with Crippen molar-refractivity contribution in [3.05, 3.63) is 63.1 Å². The van der Waals surface area contributed by atoms with Crippen LogP contribution in [0.4, 0.5) is 5.69 Å². The van der Waals surface area contributed by atoms with Gasteiger partial charge in [0.05, 0.1) is 0 Å². The Hall–Kier alpha value is -3.22. The predicted octanol–water partition coefficient (Wildman–Crippen LogP) is 2.90. The molecule has 1 aromatic heterocycles. The molecule has 0 bridgehead atoms. The van der Waals surface area contributed by atoms with E-state index in [0.717, 1.165) is 18.5 Å². The molecule has 2 aliphatic rings. The lowest BCUT2D eigenvalue weighted by molar-refractivity contribution is -0.128. The first-order valence-corrected chi connectivity index (χ1v) is 10.2. The Labute approximate surface area is 174 Å². The zero-order valence-electron chi connectivity index (χ0n) is 17.2. The number of nitrogens with one attached hydrogen (secondary N) is 2. The first-order chi connectivity index (χ1) is 14.2. The van der Waals surface area contributed by atoms with Gasteiger partial charge in [0, 0.05) is 42.9 Å². The summed E-state index contributed by atoms with van der Waals surface area (Å²) in [7, 11) is 0. The van der Waals surface area contributed by atoms with Crippen LogP contribution in [0.1, 0.15) is 65.1 Å². The van der Waals surface area contributed by atoms with Crippen LogP contribution >= 0.6 is 0 Å². The minimum Gasteiger partial charge on any atom is -0.338 e. The monoisotopic (exact) mass is 407 g/mol. The molecule has 7 nitrogen and oxygen atoms in total. The van der Waals surface area contributed by atoms with Crippen molar-refractivity contribution in [1.29, 1.82) is 0 Å². The number of ketones is 1. The van der Waals surface area contributed by atoms with Crippen LogP contribution in [0.15, 0.2) is 35.1 Å². The van der Waals surface area contributed by atoms with Gasteiger partial charge < -0.3 is 15.2 Å². The number of pyridine rings is 1. The van der Waals surface area contributed by atoms with Crippen molar-refractivity contribution in [2.45, 2.75) is 46.1 Å². The molecule has 0 saturated carbocycles. The fourth-order valence-corrected chi connectivity index (χ4v) is 4.23. The Morgan fingerprint density at radius 1 is 1.17 bits per heavy atom. The van der Waals surface area contributed by atoms with E-state index in [4.69, 9.17) is 0 Å². The van der Waals surface area contributed by atoms with Crippen molar-refractivity contribution in [2.24, 2.45) is 5.41 Å². The highest BCUT2D eigenvalue weighted by atomic mass is 16.2. The van der Waals surface area contributed by atoms with Crippen LogP contribution in [-0.2, 0) is 17.8 Å². The molecule has 2 aromatic rings. The summed E-state index contributed by atoms with van der Waals surface area (Å²) < 4.78 is 0. The molecule has 2 amide bonds. The smallest absolute Gasteiger partial charge is 0.261 e. The third-order valence-electron chi connectivity index (χ3n) is 5.69. The number of carbonyl (C=O) groups is 3. The number of benzene rings is 1. The van der Waals surface area contributed by atoms with Crippen molar-refractivity contribution in [1.82, 2.24) is 9.88 Å². The Bertz CT molecular complexity index is 1100. The summed E-state index contributed by atoms with van der Waals surface area (Å²) in [6.07, 6.45) is 2.41. The fraction of sp³-hybridized carbons (Fsp3) is 0.391. The third kappa shape index (κ3) is 4.06. The van der Waals surface area contributed by atoms with Gasteiger partial charge in [0.1, 0.15) is 5.56 Å². The summed E-state index contributed by atoms with van der Waals surface area (Å²) in [6, 6.07) is 8.63. The normalized spacial score (nSPS) is 17.7. The topological polar surface area (TPSA) is 99.3 Å². The second-order valence-electron chi connectivity index (χ2n) is 8.92. The molecule has 0 atom stereocenters. The average Bonchev–Trinajstić information content (AvgIpc) is 3.05. The number of amides is 2. The molecular weight excluding hydrogens is 382 g/mol. The van der Waals surface area contributed by atoms with E-state index in [9.17, 15) is 19.2 Å². The molecule has 2 heterocycles. The van der Waals surface area contributed by atoms with E-state index in [0.29, 0.717) is 42.8 Å². The SMILES string of the molecule is CC1(C)CC(=O)c2cc(C(=O)Nc3cccc(CN4CCCC4=O)c3)c(=O)[nH]c2C1. The molecule has 2 N–H and O–H groups in total. The number of rotatable bonds is 4. The van der Waals surface area contributed by atoms with Crippen molar-refractivity contribution in [3.63, 3.8) is 0 Å². The zero-order valence-corrected chi connectivity index (χ0v) is 17.2. The van der Waals surface area contributed by atoms with Crippen LogP contribution in [-0.4, -0.2) is 34.0 Å². The maximum absolute atomic E-state index is 12.8. The highest BCUT2D eigenvalue weighted by molar-refractivity contribution is 6.06. The molecule has 1 fully saturated rings. The number of hydrogen-bond acceptors (Lipinski definition) is 4. The number of hydrogen-bond donors (Lipinski definition) is 2. The number of anilines is 1. The lowest BCUT2D eigenvalue weighted by Gasteiger charge is -2.29. The van der Waals surface area contributed by atoms with Crippen LogP contribution in [0.2, 0.25) is 0 Å². The average molecular weight is 407 g/mol. The van der Waals surface area contributed by atoms with Gasteiger partial charge in [0.2, 0.25) is 5.91 Å².